The predicted octanol–water partition coefficient (Wildman–Crippen LogP) is 0.686. The summed E-state index contributed by atoms with van der Waals surface area (Å²) in [5, 5.41) is 2.75. The van der Waals surface area contributed by atoms with Crippen LogP contribution in [-0.4, -0.2) is 27.8 Å². The Balaban J connectivity index is 2.30. The number of carbonyl (C=O) groups is 1. The number of nitrogens with zero attached hydrogens (tertiary/aromatic N) is 3. The molecule has 84 valence electrons. The lowest BCUT2D eigenvalue weighted by molar-refractivity contribution is -0.120. The largest absolute Gasteiger partial charge is 0.307 e. The third kappa shape index (κ3) is 1.93. The van der Waals surface area contributed by atoms with Crippen LogP contribution in [0.2, 0.25) is 0 Å². The highest BCUT2D eigenvalue weighted by molar-refractivity contribution is 6.12. The van der Waals surface area contributed by atoms with Crippen LogP contribution in [0.15, 0.2) is 17.3 Å². The van der Waals surface area contributed by atoms with Gasteiger partial charge in [0.2, 0.25) is 0 Å². The predicted molar refractivity (Wildman–Crippen MR) is 60.1 cm³/mol. The molecule has 1 unspecified atom stereocenters. The van der Waals surface area contributed by atoms with Gasteiger partial charge >= 0.3 is 0 Å². The molecule has 1 aliphatic heterocycles. The summed E-state index contributed by atoms with van der Waals surface area (Å²) in [6, 6.07) is 1.44. The smallest absolute Gasteiger partial charge is 0.250 e. The van der Waals surface area contributed by atoms with Crippen molar-refractivity contribution in [3.63, 3.8) is 0 Å². The number of aliphatic imine (C=N–C) groups is 1. The lowest BCUT2D eigenvalue weighted by atomic mass is 10.1. The molecule has 2 heterocycles. The van der Waals surface area contributed by atoms with Crippen LogP contribution < -0.4 is 5.32 Å². The Hall–Kier alpha value is -1.78. The molecule has 1 atom stereocenters. The Morgan fingerprint density at radius 2 is 2.19 bits per heavy atom. The quantitative estimate of drug-likeness (QED) is 0.794. The fraction of sp³-hybridized carbons (Fsp3) is 0.455. The fourth-order valence-corrected chi connectivity index (χ4v) is 1.59. The Morgan fingerprint density at radius 1 is 1.44 bits per heavy atom. The summed E-state index contributed by atoms with van der Waals surface area (Å²) in [6.45, 7) is 5.75. The minimum atomic E-state index is -0.301. The number of nitrogens with one attached hydrogen (secondary N) is 1. The van der Waals surface area contributed by atoms with Gasteiger partial charge in [-0.15, -0.1) is 0 Å². The zero-order valence-electron chi connectivity index (χ0n) is 9.56. The van der Waals surface area contributed by atoms with Crippen molar-refractivity contribution >= 4 is 11.7 Å². The fourth-order valence-electron chi connectivity index (χ4n) is 1.59. The average Bonchev–Trinajstić information content (AvgIpc) is 2.60. The van der Waals surface area contributed by atoms with E-state index >= 15 is 0 Å². The molecule has 0 aliphatic carbocycles. The molecule has 0 bridgehead atoms. The van der Waals surface area contributed by atoms with Gasteiger partial charge in [-0.1, -0.05) is 13.8 Å². The van der Waals surface area contributed by atoms with Crippen molar-refractivity contribution in [2.24, 2.45) is 10.9 Å². The molecule has 1 aliphatic rings. The van der Waals surface area contributed by atoms with E-state index in [0.29, 0.717) is 17.4 Å². The first-order valence-electron chi connectivity index (χ1n) is 5.26. The minimum absolute atomic E-state index is 0.0544. The molecule has 0 saturated carbocycles. The number of hydrogen-bond acceptors (Lipinski definition) is 4. The first-order chi connectivity index (χ1) is 7.58. The summed E-state index contributed by atoms with van der Waals surface area (Å²) in [6.07, 6.45) is 1.66. The van der Waals surface area contributed by atoms with Gasteiger partial charge in [0.1, 0.15) is 17.6 Å². The Bertz CT molecular complexity index is 453. The standard InChI is InChI=1S/C11H14N4O/c1-6(2)9-11(16)15-10(14-9)8-4-5-12-7(3)13-8/h4-6,9H,1-3H3,(H,14,15,16). The second kappa shape index (κ2) is 4.00. The average molecular weight is 218 g/mol. The number of hydrogen-bond donors (Lipinski definition) is 1. The van der Waals surface area contributed by atoms with Crippen molar-refractivity contribution in [2.75, 3.05) is 0 Å². The van der Waals surface area contributed by atoms with Crippen LogP contribution in [-0.2, 0) is 4.79 Å². The van der Waals surface area contributed by atoms with Crippen LogP contribution >= 0.6 is 0 Å². The molecule has 2 rings (SSSR count). The summed E-state index contributed by atoms with van der Waals surface area (Å²) in [4.78, 5) is 24.2. The molecular weight excluding hydrogens is 204 g/mol. The van der Waals surface area contributed by atoms with Crippen LogP contribution in [0, 0.1) is 12.8 Å². The molecule has 0 radical (unpaired) electrons. The third-order valence-corrected chi connectivity index (χ3v) is 2.43. The molecule has 0 fully saturated rings. The monoisotopic (exact) mass is 218 g/mol. The molecule has 1 N–H and O–H groups in total. The first kappa shape index (κ1) is 10.7. The van der Waals surface area contributed by atoms with Gasteiger partial charge in [0, 0.05) is 6.20 Å². The number of amidine groups is 1. The van der Waals surface area contributed by atoms with Crippen molar-refractivity contribution in [2.45, 2.75) is 26.8 Å². The zero-order valence-corrected chi connectivity index (χ0v) is 9.56. The van der Waals surface area contributed by atoms with E-state index in [1.54, 1.807) is 19.2 Å². The molecule has 16 heavy (non-hydrogen) atoms. The van der Waals surface area contributed by atoms with Gasteiger partial charge in [0.15, 0.2) is 5.84 Å². The van der Waals surface area contributed by atoms with Gasteiger partial charge in [0.25, 0.3) is 5.91 Å². The second-order valence-corrected chi connectivity index (χ2v) is 4.14. The number of carbonyl (C=O) groups excluding carboxylic acids is 1. The summed E-state index contributed by atoms with van der Waals surface area (Å²) in [5.74, 6) is 1.36. The van der Waals surface area contributed by atoms with E-state index in [2.05, 4.69) is 20.3 Å². The van der Waals surface area contributed by atoms with Crippen molar-refractivity contribution < 1.29 is 4.79 Å². The Morgan fingerprint density at radius 3 is 2.75 bits per heavy atom. The van der Waals surface area contributed by atoms with E-state index in [1.807, 2.05) is 13.8 Å². The summed E-state index contributed by atoms with van der Waals surface area (Å²) in [7, 11) is 0. The molecule has 5 nitrogen and oxygen atoms in total. The number of amides is 1. The highest BCUT2D eigenvalue weighted by Gasteiger charge is 2.29. The zero-order chi connectivity index (χ0) is 11.7. The molecule has 1 amide bonds. The normalized spacial score (nSPS) is 19.9. The van der Waals surface area contributed by atoms with Crippen molar-refractivity contribution in [3.05, 3.63) is 23.8 Å². The van der Waals surface area contributed by atoms with Gasteiger partial charge < -0.3 is 5.32 Å². The van der Waals surface area contributed by atoms with Crippen LogP contribution in [0.4, 0.5) is 0 Å². The van der Waals surface area contributed by atoms with Gasteiger partial charge in [-0.05, 0) is 18.9 Å². The SMILES string of the molecule is Cc1nccc(C2=NC(C(C)C)C(=O)N2)n1. The van der Waals surface area contributed by atoms with E-state index in [1.165, 1.54) is 0 Å². The number of aromatic nitrogens is 2. The second-order valence-electron chi connectivity index (χ2n) is 4.14. The maximum absolute atomic E-state index is 11.6. The third-order valence-electron chi connectivity index (χ3n) is 2.43. The van der Waals surface area contributed by atoms with Crippen LogP contribution in [0.25, 0.3) is 0 Å². The van der Waals surface area contributed by atoms with Crippen molar-refractivity contribution in [3.8, 4) is 0 Å². The van der Waals surface area contributed by atoms with Gasteiger partial charge in [-0.2, -0.15) is 0 Å². The van der Waals surface area contributed by atoms with E-state index in [9.17, 15) is 4.79 Å². The molecule has 0 saturated heterocycles. The molecule has 1 aromatic heterocycles. The van der Waals surface area contributed by atoms with Crippen LogP contribution in [0.1, 0.15) is 25.4 Å². The minimum Gasteiger partial charge on any atom is -0.307 e. The summed E-state index contributed by atoms with van der Waals surface area (Å²) >= 11 is 0. The number of aryl methyl sites for hydroxylation is 1. The maximum atomic E-state index is 11.6. The van der Waals surface area contributed by atoms with Crippen molar-refractivity contribution in [1.82, 2.24) is 15.3 Å². The number of rotatable bonds is 2. The van der Waals surface area contributed by atoms with Gasteiger partial charge in [0.05, 0.1) is 0 Å². The van der Waals surface area contributed by atoms with E-state index in [-0.39, 0.29) is 17.9 Å². The van der Waals surface area contributed by atoms with Crippen LogP contribution in [0.3, 0.4) is 0 Å². The summed E-state index contributed by atoms with van der Waals surface area (Å²) in [5.41, 5.74) is 0.670. The Labute approximate surface area is 94.0 Å². The van der Waals surface area contributed by atoms with Gasteiger partial charge in [-0.3, -0.25) is 9.79 Å². The van der Waals surface area contributed by atoms with E-state index in [0.717, 1.165) is 0 Å². The highest BCUT2D eigenvalue weighted by atomic mass is 16.2. The Kier molecular flexibility index (Phi) is 2.68. The topological polar surface area (TPSA) is 67.2 Å². The molecular formula is C11H14N4O. The van der Waals surface area contributed by atoms with Gasteiger partial charge in [-0.25, -0.2) is 9.97 Å². The molecule has 1 aromatic rings. The molecule has 0 aromatic carbocycles. The maximum Gasteiger partial charge on any atom is 0.250 e. The lowest BCUT2D eigenvalue weighted by Crippen LogP contribution is -2.31. The molecule has 0 spiro atoms. The van der Waals surface area contributed by atoms with Crippen LogP contribution in [0.5, 0.6) is 0 Å². The first-order valence-corrected chi connectivity index (χ1v) is 5.26. The van der Waals surface area contributed by atoms with E-state index in [4.69, 9.17) is 0 Å². The summed E-state index contributed by atoms with van der Waals surface area (Å²) < 4.78 is 0. The lowest BCUT2D eigenvalue weighted by Gasteiger charge is -2.06. The van der Waals surface area contributed by atoms with E-state index < -0.39 is 0 Å². The highest BCUT2D eigenvalue weighted by Crippen LogP contribution is 2.13. The van der Waals surface area contributed by atoms with Crippen molar-refractivity contribution in [1.29, 1.82) is 0 Å². The molecule has 5 heteroatoms.